The maximum atomic E-state index is 13.5. The predicted octanol–water partition coefficient (Wildman–Crippen LogP) is 6.92. The lowest BCUT2D eigenvalue weighted by Crippen LogP contribution is -2.15. The van der Waals surface area contributed by atoms with Gasteiger partial charge in [-0.1, -0.05) is 79.7 Å². The molecule has 0 saturated carbocycles. The summed E-state index contributed by atoms with van der Waals surface area (Å²) in [5.74, 6) is -0.856. The molecule has 4 aromatic carbocycles. The van der Waals surface area contributed by atoms with Crippen molar-refractivity contribution in [3.8, 4) is 5.69 Å². The van der Waals surface area contributed by atoms with Crippen molar-refractivity contribution in [1.29, 1.82) is 0 Å². The van der Waals surface area contributed by atoms with Gasteiger partial charge in [0.2, 0.25) is 5.78 Å². The molecule has 0 saturated heterocycles. The first-order valence-corrected chi connectivity index (χ1v) is 12.6. The molecule has 0 bridgehead atoms. The van der Waals surface area contributed by atoms with E-state index in [1.54, 1.807) is 19.9 Å². The quantitative estimate of drug-likeness (QED) is 0.0999. The Hall–Kier alpha value is -4.84. The third kappa shape index (κ3) is 4.52. The normalized spacial score (nSPS) is 11.6. The average Bonchev–Trinajstić information content (AvgIpc) is 3.30. The van der Waals surface area contributed by atoms with E-state index in [4.69, 9.17) is 4.84 Å². The molecule has 0 spiro atoms. The molecule has 6 nitrogen and oxygen atoms in total. The first-order chi connectivity index (χ1) is 18.5. The second-order valence-electron chi connectivity index (χ2n) is 8.83. The van der Waals surface area contributed by atoms with Crippen LogP contribution in [0.25, 0.3) is 27.5 Å². The van der Waals surface area contributed by atoms with Crippen molar-refractivity contribution in [2.24, 2.45) is 5.16 Å². The van der Waals surface area contributed by atoms with Gasteiger partial charge in [-0.15, -0.1) is 0 Å². The molecule has 38 heavy (non-hydrogen) atoms. The molecule has 0 aliphatic carbocycles. The van der Waals surface area contributed by atoms with Crippen LogP contribution in [-0.4, -0.2) is 27.8 Å². The molecule has 0 N–H and O–H groups in total. The lowest BCUT2D eigenvalue weighted by atomic mass is 10.0. The van der Waals surface area contributed by atoms with Crippen LogP contribution in [0.15, 0.2) is 102 Å². The SMILES string of the molecule is CCC(=O)ON=C(CC)C(=O)c1ccc2c(c1)c1ccccc1n2-c1ccccc1C(=O)c1ccccc1. The number of Topliss-reactive ketones (excluding diaryl/α,β-unsaturated/α-hetero) is 1. The first-order valence-electron chi connectivity index (χ1n) is 12.6. The summed E-state index contributed by atoms with van der Waals surface area (Å²) < 4.78 is 2.06. The van der Waals surface area contributed by atoms with Crippen molar-refractivity contribution in [1.82, 2.24) is 4.57 Å². The molecule has 0 aliphatic heterocycles. The molecule has 0 aliphatic rings. The van der Waals surface area contributed by atoms with Gasteiger partial charge in [0.25, 0.3) is 0 Å². The van der Waals surface area contributed by atoms with Crippen molar-refractivity contribution in [2.45, 2.75) is 26.7 Å². The fourth-order valence-electron chi connectivity index (χ4n) is 4.58. The number of nitrogens with zero attached hydrogens (tertiary/aromatic N) is 2. The Bertz CT molecular complexity index is 1710. The third-order valence-electron chi connectivity index (χ3n) is 6.50. The van der Waals surface area contributed by atoms with Crippen LogP contribution >= 0.6 is 0 Å². The van der Waals surface area contributed by atoms with Crippen LogP contribution < -0.4 is 0 Å². The summed E-state index contributed by atoms with van der Waals surface area (Å²) in [6.45, 7) is 3.46. The zero-order chi connectivity index (χ0) is 26.6. The van der Waals surface area contributed by atoms with E-state index in [0.717, 1.165) is 27.5 Å². The van der Waals surface area contributed by atoms with Crippen molar-refractivity contribution in [2.75, 3.05) is 0 Å². The molecule has 0 atom stereocenters. The van der Waals surface area contributed by atoms with Crippen molar-refractivity contribution in [3.05, 3.63) is 114 Å². The number of para-hydroxylation sites is 2. The molecule has 0 radical (unpaired) electrons. The summed E-state index contributed by atoms with van der Waals surface area (Å²) in [6.07, 6.45) is 0.499. The number of carbonyl (C=O) groups is 3. The van der Waals surface area contributed by atoms with Crippen molar-refractivity contribution < 1.29 is 19.2 Å². The molecule has 5 aromatic rings. The molecule has 188 valence electrons. The van der Waals surface area contributed by atoms with Crippen molar-refractivity contribution in [3.63, 3.8) is 0 Å². The standard InChI is InChI=1S/C32H26N2O4/c1-3-26(33-38-30(35)4-2)32(37)22-18-19-29-25(20-22)23-14-8-10-16-27(23)34(29)28-17-11-9-15-24(28)31(36)21-12-6-5-7-13-21/h5-20H,3-4H2,1-2H3. The van der Waals surface area contributed by atoms with Gasteiger partial charge in [0, 0.05) is 33.9 Å². The summed E-state index contributed by atoms with van der Waals surface area (Å²) in [7, 11) is 0. The summed E-state index contributed by atoms with van der Waals surface area (Å²) in [5, 5.41) is 5.64. The number of oxime groups is 1. The lowest BCUT2D eigenvalue weighted by molar-refractivity contribution is -0.143. The van der Waals surface area contributed by atoms with Crippen LogP contribution in [0.1, 0.15) is 53.0 Å². The Morgan fingerprint density at radius 3 is 2.16 bits per heavy atom. The van der Waals surface area contributed by atoms with E-state index in [-0.39, 0.29) is 23.7 Å². The van der Waals surface area contributed by atoms with Gasteiger partial charge in [-0.25, -0.2) is 4.79 Å². The molecule has 6 heteroatoms. The zero-order valence-electron chi connectivity index (χ0n) is 21.2. The summed E-state index contributed by atoms with van der Waals surface area (Å²) in [5.41, 5.74) is 4.36. The summed E-state index contributed by atoms with van der Waals surface area (Å²) in [6, 6.07) is 30.1. The Morgan fingerprint density at radius 2 is 1.39 bits per heavy atom. The highest BCUT2D eigenvalue weighted by Gasteiger charge is 2.21. The minimum atomic E-state index is -0.494. The molecule has 1 heterocycles. The average molecular weight is 503 g/mol. The van der Waals surface area contributed by atoms with Gasteiger partial charge in [0.15, 0.2) is 5.78 Å². The highest BCUT2D eigenvalue weighted by atomic mass is 16.7. The minimum Gasteiger partial charge on any atom is -0.318 e. The van der Waals surface area contributed by atoms with Crippen LogP contribution in [0, 0.1) is 0 Å². The maximum Gasteiger partial charge on any atom is 0.334 e. The van der Waals surface area contributed by atoms with Gasteiger partial charge >= 0.3 is 5.97 Å². The highest BCUT2D eigenvalue weighted by molar-refractivity contribution is 6.46. The van der Waals surface area contributed by atoms with Crippen LogP contribution in [0.2, 0.25) is 0 Å². The van der Waals surface area contributed by atoms with E-state index in [2.05, 4.69) is 9.72 Å². The zero-order valence-corrected chi connectivity index (χ0v) is 21.2. The van der Waals surface area contributed by atoms with Crippen LogP contribution in [-0.2, 0) is 9.63 Å². The Labute approximate surface area is 220 Å². The van der Waals surface area contributed by atoms with Crippen LogP contribution in [0.4, 0.5) is 0 Å². The van der Waals surface area contributed by atoms with Gasteiger partial charge < -0.3 is 9.40 Å². The molecule has 0 fully saturated rings. The Morgan fingerprint density at radius 1 is 0.711 bits per heavy atom. The molecular formula is C32H26N2O4. The summed E-state index contributed by atoms with van der Waals surface area (Å²) >= 11 is 0. The molecule has 5 rings (SSSR count). The monoisotopic (exact) mass is 502 g/mol. The number of carbonyl (C=O) groups excluding carboxylic acids is 3. The number of fused-ring (bicyclic) bond motifs is 3. The number of hydrogen-bond donors (Lipinski definition) is 0. The minimum absolute atomic E-state index is 0.0654. The van der Waals surface area contributed by atoms with Gasteiger partial charge in [0.1, 0.15) is 5.71 Å². The van der Waals surface area contributed by atoms with Gasteiger partial charge in [-0.05, 0) is 42.8 Å². The summed E-state index contributed by atoms with van der Waals surface area (Å²) in [4.78, 5) is 43.2. The number of benzene rings is 4. The van der Waals surface area contributed by atoms with Gasteiger partial charge in [-0.2, -0.15) is 0 Å². The van der Waals surface area contributed by atoms with E-state index in [0.29, 0.717) is 23.1 Å². The van der Waals surface area contributed by atoms with E-state index < -0.39 is 5.97 Å². The van der Waals surface area contributed by atoms with E-state index in [1.165, 1.54) is 0 Å². The topological polar surface area (TPSA) is 77.7 Å². The highest BCUT2D eigenvalue weighted by Crippen LogP contribution is 2.34. The number of rotatable bonds is 8. The van der Waals surface area contributed by atoms with Gasteiger partial charge in [-0.3, -0.25) is 9.59 Å². The second kappa shape index (κ2) is 10.6. The molecule has 1 aromatic heterocycles. The number of hydrogen-bond acceptors (Lipinski definition) is 5. The molecular weight excluding hydrogens is 476 g/mol. The predicted molar refractivity (Wildman–Crippen MR) is 149 cm³/mol. The largest absolute Gasteiger partial charge is 0.334 e. The van der Waals surface area contributed by atoms with Crippen molar-refractivity contribution >= 4 is 45.1 Å². The van der Waals surface area contributed by atoms with Gasteiger partial charge in [0.05, 0.1) is 16.7 Å². The molecule has 0 amide bonds. The number of aromatic nitrogens is 1. The third-order valence-corrected chi connectivity index (χ3v) is 6.50. The molecule has 0 unspecified atom stereocenters. The van der Waals surface area contributed by atoms with E-state index in [1.807, 2.05) is 91.0 Å². The van der Waals surface area contributed by atoms with Crippen LogP contribution in [0.5, 0.6) is 0 Å². The second-order valence-corrected chi connectivity index (χ2v) is 8.83. The maximum absolute atomic E-state index is 13.5. The number of ketones is 2. The fraction of sp³-hybridized carbons (Fsp3) is 0.125. The van der Waals surface area contributed by atoms with E-state index in [9.17, 15) is 14.4 Å². The first kappa shape index (κ1) is 24.8. The Balaban J connectivity index is 1.67. The van der Waals surface area contributed by atoms with E-state index >= 15 is 0 Å². The Kier molecular flexibility index (Phi) is 6.96. The fourth-order valence-corrected chi connectivity index (χ4v) is 4.58. The smallest absolute Gasteiger partial charge is 0.318 e. The van der Waals surface area contributed by atoms with Crippen LogP contribution in [0.3, 0.4) is 0 Å². The lowest BCUT2D eigenvalue weighted by Gasteiger charge is -2.13.